The molecule has 10 heteroatoms. The number of fused-ring (bicyclic) bond motifs is 3. The summed E-state index contributed by atoms with van der Waals surface area (Å²) in [4.78, 5) is 44.2. The van der Waals surface area contributed by atoms with Crippen molar-refractivity contribution < 1.29 is 18.8 Å². The predicted octanol–water partition coefficient (Wildman–Crippen LogP) is 6.02. The summed E-state index contributed by atoms with van der Waals surface area (Å²) in [5.41, 5.74) is -0.0574. The fourth-order valence-electron chi connectivity index (χ4n) is 7.11. The lowest BCUT2D eigenvalue weighted by atomic mass is 9.55. The Labute approximate surface area is 240 Å². The van der Waals surface area contributed by atoms with Crippen LogP contribution in [-0.2, 0) is 15.0 Å². The molecular formula is C30H27Cl2FN4O3. The van der Waals surface area contributed by atoms with Crippen molar-refractivity contribution in [3.63, 3.8) is 0 Å². The maximum Gasteiger partial charge on any atom is 0.242 e. The third kappa shape index (κ3) is 3.96. The highest BCUT2D eigenvalue weighted by molar-refractivity contribution is 6.31. The fourth-order valence-corrected chi connectivity index (χ4v) is 7.47. The lowest BCUT2D eigenvalue weighted by Gasteiger charge is -2.47. The van der Waals surface area contributed by atoms with Gasteiger partial charge in [0.15, 0.2) is 5.78 Å². The van der Waals surface area contributed by atoms with E-state index in [4.69, 9.17) is 23.2 Å². The van der Waals surface area contributed by atoms with Gasteiger partial charge in [-0.15, -0.1) is 0 Å². The number of rotatable bonds is 4. The van der Waals surface area contributed by atoms with Crippen molar-refractivity contribution in [2.24, 2.45) is 0 Å². The minimum Gasteiger partial charge on any atom is -0.325 e. The number of nitrogens with zero attached hydrogens (tertiary/aromatic N) is 1. The van der Waals surface area contributed by atoms with Gasteiger partial charge in [-0.05, 0) is 54.3 Å². The summed E-state index contributed by atoms with van der Waals surface area (Å²) in [7, 11) is 0. The monoisotopic (exact) mass is 580 g/mol. The van der Waals surface area contributed by atoms with Crippen LogP contribution in [0, 0.1) is 5.82 Å². The molecule has 0 bridgehead atoms. The Balaban J connectivity index is 1.54. The number of carbonyl (C=O) groups excluding carboxylic acids is 3. The second-order valence-corrected chi connectivity index (χ2v) is 11.7. The van der Waals surface area contributed by atoms with E-state index in [9.17, 15) is 14.4 Å². The summed E-state index contributed by atoms with van der Waals surface area (Å²) in [5.74, 6) is -2.54. The SMILES string of the molecule is CC(=O)c1ccc(NC(=O)[C@@H]2NC3(CCCCC3)[C@@]3(C(=O)Nc4cc(Cl)ccc43)[C@H]2c2cccc(Cl)c2F)cn1. The van der Waals surface area contributed by atoms with Crippen LogP contribution in [0.4, 0.5) is 15.8 Å². The van der Waals surface area contributed by atoms with Crippen LogP contribution >= 0.6 is 23.2 Å². The van der Waals surface area contributed by atoms with Crippen LogP contribution in [0.3, 0.4) is 0 Å². The van der Waals surface area contributed by atoms with Gasteiger partial charge in [0, 0.05) is 29.1 Å². The van der Waals surface area contributed by atoms with Gasteiger partial charge in [0.05, 0.1) is 22.9 Å². The van der Waals surface area contributed by atoms with Crippen LogP contribution in [0.5, 0.6) is 0 Å². The van der Waals surface area contributed by atoms with Crippen molar-refractivity contribution in [3.8, 4) is 0 Å². The second-order valence-electron chi connectivity index (χ2n) is 10.8. The van der Waals surface area contributed by atoms with Crippen LogP contribution in [0.15, 0.2) is 54.7 Å². The number of amides is 2. The predicted molar refractivity (Wildman–Crippen MR) is 152 cm³/mol. The smallest absolute Gasteiger partial charge is 0.242 e. The largest absolute Gasteiger partial charge is 0.325 e. The van der Waals surface area contributed by atoms with Gasteiger partial charge in [-0.2, -0.15) is 0 Å². The Bertz CT molecular complexity index is 1540. The highest BCUT2D eigenvalue weighted by Crippen LogP contribution is 2.62. The number of aromatic nitrogens is 1. The van der Waals surface area contributed by atoms with Gasteiger partial charge in [-0.25, -0.2) is 4.39 Å². The molecule has 1 aromatic heterocycles. The number of carbonyl (C=O) groups is 3. The standard InChI is InChI=1S/C30H27Cl2FN4O3/c1-16(38)22-11-9-18(15-34-22)35-27(39)26-24(19-6-5-7-21(32)25(19)33)30(29(37-26)12-3-2-4-13-29)20-10-8-17(31)14-23(20)36-28(30)40/h5-11,14-15,24,26,37H,2-4,12-13H2,1H3,(H,35,39)(H,36,40)/t24-,26+,30+/m0/s1. The molecule has 1 saturated heterocycles. The summed E-state index contributed by atoms with van der Waals surface area (Å²) >= 11 is 12.6. The molecule has 3 atom stereocenters. The molecule has 3 aliphatic rings. The molecule has 2 aliphatic heterocycles. The number of Topliss-reactive ketones (excluding diaryl/α,β-unsaturated/α-hetero) is 1. The van der Waals surface area contributed by atoms with E-state index >= 15 is 4.39 Å². The third-order valence-corrected chi connectivity index (χ3v) is 9.22. The normalized spacial score (nSPS) is 24.6. The molecule has 3 aromatic rings. The number of halogens is 3. The minimum atomic E-state index is -1.31. The first kappa shape index (κ1) is 26.9. The molecule has 3 N–H and O–H groups in total. The molecule has 206 valence electrons. The zero-order chi connectivity index (χ0) is 28.2. The summed E-state index contributed by atoms with van der Waals surface area (Å²) < 4.78 is 15.9. The summed E-state index contributed by atoms with van der Waals surface area (Å²) in [6, 6.07) is 12.0. The van der Waals surface area contributed by atoms with Gasteiger partial charge in [0.2, 0.25) is 11.8 Å². The first-order valence-corrected chi connectivity index (χ1v) is 14.0. The average molecular weight is 581 g/mol. The number of anilines is 2. The number of hydrogen-bond donors (Lipinski definition) is 3. The molecule has 2 aromatic carbocycles. The Morgan fingerprint density at radius 3 is 2.55 bits per heavy atom. The number of pyridine rings is 1. The Hall–Kier alpha value is -3.33. The van der Waals surface area contributed by atoms with Gasteiger partial charge in [-0.1, -0.05) is 60.7 Å². The van der Waals surface area contributed by atoms with E-state index in [1.165, 1.54) is 25.3 Å². The van der Waals surface area contributed by atoms with Gasteiger partial charge in [0.25, 0.3) is 0 Å². The zero-order valence-electron chi connectivity index (χ0n) is 21.7. The van der Waals surface area contributed by atoms with E-state index in [1.807, 2.05) is 6.07 Å². The van der Waals surface area contributed by atoms with Crippen molar-refractivity contribution >= 4 is 52.2 Å². The molecular weight excluding hydrogens is 554 g/mol. The Kier molecular flexibility index (Phi) is 6.68. The summed E-state index contributed by atoms with van der Waals surface area (Å²) in [5, 5.41) is 9.84. The number of nitrogens with one attached hydrogen (secondary N) is 3. The molecule has 3 heterocycles. The van der Waals surface area contributed by atoms with Crippen LogP contribution in [0.2, 0.25) is 10.0 Å². The quantitative estimate of drug-likeness (QED) is 0.328. The van der Waals surface area contributed by atoms with Crippen molar-refractivity contribution in [2.45, 2.75) is 61.9 Å². The molecule has 0 unspecified atom stereocenters. The second kappa shape index (κ2) is 9.94. The highest BCUT2D eigenvalue weighted by atomic mass is 35.5. The lowest BCUT2D eigenvalue weighted by molar-refractivity contribution is -0.124. The topological polar surface area (TPSA) is 100 Å². The summed E-state index contributed by atoms with van der Waals surface area (Å²) in [6.07, 6.45) is 5.35. The first-order valence-electron chi connectivity index (χ1n) is 13.3. The van der Waals surface area contributed by atoms with Crippen LogP contribution < -0.4 is 16.0 Å². The molecule has 7 nitrogen and oxygen atoms in total. The Morgan fingerprint density at radius 2 is 1.85 bits per heavy atom. The van der Waals surface area contributed by atoms with Crippen LogP contribution in [0.1, 0.15) is 66.6 Å². The molecule has 2 spiro atoms. The Morgan fingerprint density at radius 1 is 1.07 bits per heavy atom. The van der Waals surface area contributed by atoms with Gasteiger partial charge >= 0.3 is 0 Å². The third-order valence-electron chi connectivity index (χ3n) is 8.70. The van der Waals surface area contributed by atoms with Crippen molar-refractivity contribution in [2.75, 3.05) is 10.6 Å². The molecule has 1 aliphatic carbocycles. The minimum absolute atomic E-state index is 0.0878. The molecule has 1 saturated carbocycles. The number of ketones is 1. The first-order chi connectivity index (χ1) is 19.2. The maximum absolute atomic E-state index is 15.9. The zero-order valence-corrected chi connectivity index (χ0v) is 23.2. The van der Waals surface area contributed by atoms with E-state index in [0.717, 1.165) is 19.3 Å². The van der Waals surface area contributed by atoms with Gasteiger partial charge < -0.3 is 10.6 Å². The van der Waals surface area contributed by atoms with E-state index in [0.29, 0.717) is 34.8 Å². The molecule has 0 radical (unpaired) electrons. The molecule has 40 heavy (non-hydrogen) atoms. The van der Waals surface area contributed by atoms with E-state index in [-0.39, 0.29) is 28.0 Å². The number of hydrogen-bond acceptors (Lipinski definition) is 5. The van der Waals surface area contributed by atoms with Gasteiger partial charge in [0.1, 0.15) is 16.9 Å². The molecule has 2 amide bonds. The molecule has 6 rings (SSSR count). The van der Waals surface area contributed by atoms with Crippen molar-refractivity contribution in [1.29, 1.82) is 0 Å². The van der Waals surface area contributed by atoms with Crippen LogP contribution in [-0.4, -0.2) is 34.2 Å². The summed E-state index contributed by atoms with van der Waals surface area (Å²) in [6.45, 7) is 1.41. The van der Waals surface area contributed by atoms with E-state index in [1.54, 1.807) is 30.3 Å². The van der Waals surface area contributed by atoms with E-state index in [2.05, 4.69) is 20.9 Å². The fraction of sp³-hybridized carbons (Fsp3) is 0.333. The van der Waals surface area contributed by atoms with E-state index < -0.39 is 34.6 Å². The van der Waals surface area contributed by atoms with Crippen LogP contribution in [0.25, 0.3) is 0 Å². The van der Waals surface area contributed by atoms with Crippen molar-refractivity contribution in [1.82, 2.24) is 10.3 Å². The lowest BCUT2D eigenvalue weighted by Crippen LogP contribution is -2.60. The number of benzene rings is 2. The maximum atomic E-state index is 15.9. The van der Waals surface area contributed by atoms with Crippen molar-refractivity contribution in [3.05, 3.63) is 87.4 Å². The van der Waals surface area contributed by atoms with Gasteiger partial charge in [-0.3, -0.25) is 24.7 Å². The average Bonchev–Trinajstić information content (AvgIpc) is 3.38. The highest BCUT2D eigenvalue weighted by Gasteiger charge is 2.72. The molecule has 2 fully saturated rings.